The SMILES string of the molecule is Cl.O=C(CC1COCCN1)N(Cc1ccccc1)CC1CCOCC1. The van der Waals surface area contributed by atoms with E-state index in [1.165, 1.54) is 5.56 Å². The van der Waals surface area contributed by atoms with Gasteiger partial charge < -0.3 is 19.7 Å². The third-order valence-electron chi connectivity index (χ3n) is 4.81. The van der Waals surface area contributed by atoms with Gasteiger partial charge in [0, 0.05) is 45.3 Å². The topological polar surface area (TPSA) is 50.8 Å². The van der Waals surface area contributed by atoms with E-state index >= 15 is 0 Å². The van der Waals surface area contributed by atoms with Crippen LogP contribution in [0.4, 0.5) is 0 Å². The van der Waals surface area contributed by atoms with Crippen LogP contribution < -0.4 is 5.32 Å². The van der Waals surface area contributed by atoms with Crippen LogP contribution in [0.1, 0.15) is 24.8 Å². The second-order valence-corrected chi connectivity index (χ2v) is 6.75. The smallest absolute Gasteiger partial charge is 0.224 e. The molecule has 2 aliphatic rings. The van der Waals surface area contributed by atoms with Gasteiger partial charge in [0.1, 0.15) is 0 Å². The number of carbonyl (C=O) groups excluding carboxylic acids is 1. The first-order valence-electron chi connectivity index (χ1n) is 9.02. The summed E-state index contributed by atoms with van der Waals surface area (Å²) >= 11 is 0. The van der Waals surface area contributed by atoms with E-state index in [-0.39, 0.29) is 24.4 Å². The lowest BCUT2D eigenvalue weighted by atomic mass is 9.99. The Morgan fingerprint density at radius 3 is 2.56 bits per heavy atom. The summed E-state index contributed by atoms with van der Waals surface area (Å²) in [6.45, 7) is 5.33. The molecule has 2 fully saturated rings. The van der Waals surface area contributed by atoms with E-state index in [4.69, 9.17) is 9.47 Å². The van der Waals surface area contributed by atoms with Crippen molar-refractivity contribution in [1.82, 2.24) is 10.2 Å². The molecular weight excluding hydrogens is 340 g/mol. The van der Waals surface area contributed by atoms with Crippen molar-refractivity contribution in [2.45, 2.75) is 31.8 Å². The molecule has 0 saturated carbocycles. The first-order chi connectivity index (χ1) is 11.8. The van der Waals surface area contributed by atoms with Gasteiger partial charge in [-0.15, -0.1) is 12.4 Å². The van der Waals surface area contributed by atoms with Gasteiger partial charge in [-0.2, -0.15) is 0 Å². The summed E-state index contributed by atoms with van der Waals surface area (Å²) in [4.78, 5) is 14.9. The van der Waals surface area contributed by atoms with Crippen LogP contribution >= 0.6 is 12.4 Å². The molecule has 0 radical (unpaired) electrons. The predicted octanol–water partition coefficient (Wildman–Crippen LogP) is 2.24. The second kappa shape index (κ2) is 10.8. The minimum Gasteiger partial charge on any atom is -0.381 e. The Morgan fingerprint density at radius 1 is 1.12 bits per heavy atom. The maximum absolute atomic E-state index is 12.9. The van der Waals surface area contributed by atoms with Crippen LogP contribution in [-0.4, -0.2) is 56.4 Å². The molecule has 1 N–H and O–H groups in total. The van der Waals surface area contributed by atoms with E-state index in [9.17, 15) is 4.79 Å². The first kappa shape index (κ1) is 20.2. The molecule has 6 heteroatoms. The Hall–Kier alpha value is -1.14. The van der Waals surface area contributed by atoms with E-state index in [1.807, 2.05) is 23.1 Å². The summed E-state index contributed by atoms with van der Waals surface area (Å²) in [6.07, 6.45) is 2.60. The molecule has 140 valence electrons. The van der Waals surface area contributed by atoms with Gasteiger partial charge in [0.05, 0.1) is 13.2 Å². The van der Waals surface area contributed by atoms with Crippen LogP contribution in [0.25, 0.3) is 0 Å². The van der Waals surface area contributed by atoms with Crippen molar-refractivity contribution in [3.05, 3.63) is 35.9 Å². The predicted molar refractivity (Wildman–Crippen MR) is 99.9 cm³/mol. The summed E-state index contributed by atoms with van der Waals surface area (Å²) < 4.78 is 10.9. The number of benzene rings is 1. The van der Waals surface area contributed by atoms with E-state index in [0.29, 0.717) is 25.5 Å². The summed E-state index contributed by atoms with van der Waals surface area (Å²) in [5.74, 6) is 0.760. The Bertz CT molecular complexity index is 503. The molecule has 2 heterocycles. The molecule has 1 amide bonds. The highest BCUT2D eigenvalue weighted by Crippen LogP contribution is 2.19. The van der Waals surface area contributed by atoms with Gasteiger partial charge in [-0.3, -0.25) is 4.79 Å². The molecule has 0 spiro atoms. The maximum atomic E-state index is 12.9. The van der Waals surface area contributed by atoms with Crippen molar-refractivity contribution in [2.75, 3.05) is 39.5 Å². The third kappa shape index (κ3) is 6.59. The highest BCUT2D eigenvalue weighted by atomic mass is 35.5. The molecule has 2 saturated heterocycles. The Labute approximate surface area is 156 Å². The third-order valence-corrected chi connectivity index (χ3v) is 4.81. The molecular formula is C19H29ClN2O3. The maximum Gasteiger partial charge on any atom is 0.224 e. The highest BCUT2D eigenvalue weighted by Gasteiger charge is 2.24. The molecule has 25 heavy (non-hydrogen) atoms. The van der Waals surface area contributed by atoms with Gasteiger partial charge in [-0.25, -0.2) is 0 Å². The zero-order valence-corrected chi connectivity index (χ0v) is 15.5. The number of nitrogens with zero attached hydrogens (tertiary/aromatic N) is 1. The molecule has 2 aliphatic heterocycles. The minimum atomic E-state index is 0. The van der Waals surface area contributed by atoms with Crippen molar-refractivity contribution in [3.63, 3.8) is 0 Å². The average Bonchev–Trinajstić information content (AvgIpc) is 2.64. The minimum absolute atomic E-state index is 0. The number of amides is 1. The number of ether oxygens (including phenoxy) is 2. The van der Waals surface area contributed by atoms with Crippen molar-refractivity contribution >= 4 is 18.3 Å². The fourth-order valence-corrected chi connectivity index (χ4v) is 3.39. The number of rotatable bonds is 6. The lowest BCUT2D eigenvalue weighted by Gasteiger charge is -2.32. The normalized spacial score (nSPS) is 21.4. The Morgan fingerprint density at radius 2 is 1.88 bits per heavy atom. The largest absolute Gasteiger partial charge is 0.381 e. The molecule has 5 nitrogen and oxygen atoms in total. The van der Waals surface area contributed by atoms with Crippen molar-refractivity contribution < 1.29 is 14.3 Å². The van der Waals surface area contributed by atoms with Gasteiger partial charge in [0.2, 0.25) is 5.91 Å². The molecule has 0 aliphatic carbocycles. The second-order valence-electron chi connectivity index (χ2n) is 6.75. The number of nitrogens with one attached hydrogen (secondary N) is 1. The van der Waals surface area contributed by atoms with Crippen LogP contribution in [0, 0.1) is 5.92 Å². The molecule has 0 aromatic heterocycles. The Kier molecular flexibility index (Phi) is 8.68. The van der Waals surface area contributed by atoms with E-state index in [1.54, 1.807) is 0 Å². The van der Waals surface area contributed by atoms with Crippen LogP contribution in [0.2, 0.25) is 0 Å². The summed E-state index contributed by atoms with van der Waals surface area (Å²) in [6, 6.07) is 10.4. The van der Waals surface area contributed by atoms with E-state index in [2.05, 4.69) is 17.4 Å². The Balaban J connectivity index is 0.00000225. The monoisotopic (exact) mass is 368 g/mol. The van der Waals surface area contributed by atoms with Crippen LogP contribution in [-0.2, 0) is 20.8 Å². The number of hydrogen-bond acceptors (Lipinski definition) is 4. The van der Waals surface area contributed by atoms with Crippen LogP contribution in [0.3, 0.4) is 0 Å². The van der Waals surface area contributed by atoms with Crippen molar-refractivity contribution in [1.29, 1.82) is 0 Å². The molecule has 1 aromatic rings. The number of hydrogen-bond donors (Lipinski definition) is 1. The van der Waals surface area contributed by atoms with Crippen molar-refractivity contribution in [3.8, 4) is 0 Å². The summed E-state index contributed by atoms with van der Waals surface area (Å²) in [7, 11) is 0. The van der Waals surface area contributed by atoms with Gasteiger partial charge in [-0.1, -0.05) is 30.3 Å². The molecule has 1 aromatic carbocycles. The quantitative estimate of drug-likeness (QED) is 0.836. The lowest BCUT2D eigenvalue weighted by molar-refractivity contribution is -0.134. The zero-order chi connectivity index (χ0) is 16.6. The fourth-order valence-electron chi connectivity index (χ4n) is 3.39. The number of halogens is 1. The van der Waals surface area contributed by atoms with Crippen LogP contribution in [0.5, 0.6) is 0 Å². The molecule has 1 atom stereocenters. The zero-order valence-electron chi connectivity index (χ0n) is 14.7. The van der Waals surface area contributed by atoms with Gasteiger partial charge in [0.25, 0.3) is 0 Å². The lowest BCUT2D eigenvalue weighted by Crippen LogP contribution is -2.46. The number of morpholine rings is 1. The average molecular weight is 369 g/mol. The van der Waals surface area contributed by atoms with Gasteiger partial charge >= 0.3 is 0 Å². The fraction of sp³-hybridized carbons (Fsp3) is 0.632. The van der Waals surface area contributed by atoms with E-state index < -0.39 is 0 Å². The molecule has 1 unspecified atom stereocenters. The van der Waals surface area contributed by atoms with Crippen LogP contribution in [0.15, 0.2) is 30.3 Å². The van der Waals surface area contributed by atoms with Gasteiger partial charge in [0.15, 0.2) is 0 Å². The van der Waals surface area contributed by atoms with Gasteiger partial charge in [-0.05, 0) is 24.3 Å². The summed E-state index contributed by atoms with van der Waals surface area (Å²) in [5.41, 5.74) is 1.19. The first-order valence-corrected chi connectivity index (χ1v) is 9.02. The van der Waals surface area contributed by atoms with Crippen molar-refractivity contribution in [2.24, 2.45) is 5.92 Å². The summed E-state index contributed by atoms with van der Waals surface area (Å²) in [5, 5.41) is 3.38. The highest BCUT2D eigenvalue weighted by molar-refractivity contribution is 5.85. The number of carbonyl (C=O) groups is 1. The molecule has 3 rings (SSSR count). The standard InChI is InChI=1S/C19H28N2O3.ClH/c22-19(12-18-15-24-11-8-20-18)21(13-16-4-2-1-3-5-16)14-17-6-9-23-10-7-17;/h1-5,17-18,20H,6-15H2;1H. The molecule has 0 bridgehead atoms. The van der Waals surface area contributed by atoms with E-state index in [0.717, 1.165) is 45.8 Å².